The molecule has 0 saturated heterocycles. The number of nitrogens with zero attached hydrogens (tertiary/aromatic N) is 4. The fourth-order valence-electron chi connectivity index (χ4n) is 19.3. The Kier molecular flexibility index (Phi) is 22.2. The lowest BCUT2D eigenvalue weighted by Crippen LogP contribution is -2.12. The predicted molar refractivity (Wildman–Crippen MR) is 498 cm³/mol. The molecular formula is C108H96N8O16. The fraction of sp³-hybridized carbons (Fsp3) is 0.259. The number of esters is 4. The molecule has 4 N–H and O–H groups in total. The maximum absolute atomic E-state index is 12.5. The monoisotopic (exact) mass is 1760 g/mol. The van der Waals surface area contributed by atoms with Crippen molar-refractivity contribution in [3.63, 3.8) is 0 Å². The standard InChI is InChI=1S/C108H96N8O16/c1-9-65-69-41-71-66(10-2)73-43-75-68(12-4)76-44-74-67(11-3)72-42-70(65)86-54-88(72)128-96-48-80-82(114-103(112-80)35-59-21-29-63(30-22-59)39-107(119)123-15-7)50-98(96)130-90(74)56-92(76)132-100-52-84-83(115-104(116-84)36-60-23-31-64(32-24-60)40-108(120)124-16-8)51-99(100)131-91(75)55-89(73)129-97-49-81-79(111-102(113-81)34-58-19-27-62(28-20-58)38-106(118)122-14-6)47-95(97)127-87(71)53-85(69)125-93-45-77-78(46-94(93)126-86)110-101(109-77)33-57-17-25-61(26-18-57)37-105(117)121-13-5/h17-32,41-56,65-68H,9-16,33-40H2,1-8H3,(H,109,110)(H,111,113)(H,112,114)(H,115,116). The van der Waals surface area contributed by atoms with E-state index >= 15 is 0 Å². The zero-order chi connectivity index (χ0) is 90.1. The van der Waals surface area contributed by atoms with Gasteiger partial charge in [0, 0.05) is 167 Å². The van der Waals surface area contributed by atoms with Crippen molar-refractivity contribution < 1.29 is 76.0 Å². The second kappa shape index (κ2) is 35.0. The van der Waals surface area contributed by atoms with Crippen molar-refractivity contribution in [3.05, 3.63) is 306 Å². The van der Waals surface area contributed by atoms with Gasteiger partial charge in [-0.15, -0.1) is 0 Å². The molecule has 1 aliphatic carbocycles. The van der Waals surface area contributed by atoms with Crippen LogP contribution in [0, 0.1) is 0 Å². The third-order valence-corrected chi connectivity index (χ3v) is 25.5. The zero-order valence-corrected chi connectivity index (χ0v) is 74.4. The zero-order valence-electron chi connectivity index (χ0n) is 74.4. The minimum Gasteiger partial charge on any atom is -0.466 e. The smallest absolute Gasteiger partial charge is 0.310 e. The van der Waals surface area contributed by atoms with Crippen LogP contribution in [0.1, 0.15) is 217 Å². The first-order valence-electron chi connectivity index (χ1n) is 45.6. The summed E-state index contributed by atoms with van der Waals surface area (Å²) in [5, 5.41) is 0. The van der Waals surface area contributed by atoms with Crippen molar-refractivity contribution in [2.45, 2.75) is 156 Å². The highest BCUT2D eigenvalue weighted by Crippen LogP contribution is 2.60. The number of hydrogen-bond acceptors (Lipinski definition) is 20. The summed E-state index contributed by atoms with van der Waals surface area (Å²) in [7, 11) is 0. The molecule has 0 amide bonds. The van der Waals surface area contributed by atoms with Crippen LogP contribution in [0.2, 0.25) is 0 Å². The number of rotatable bonds is 24. The Balaban J connectivity index is 0.782. The molecule has 16 aromatic rings. The van der Waals surface area contributed by atoms with Crippen molar-refractivity contribution in [3.8, 4) is 92.0 Å². The molecular weight excluding hydrogens is 1670 g/mol. The molecule has 0 radical (unpaired) electrons. The van der Waals surface area contributed by atoms with Crippen LogP contribution in [0.4, 0.5) is 0 Å². The third-order valence-electron chi connectivity index (χ3n) is 25.5. The van der Waals surface area contributed by atoms with Crippen LogP contribution in [0.15, 0.2) is 194 Å². The Morgan fingerprint density at radius 1 is 0.235 bits per heavy atom. The van der Waals surface area contributed by atoms with Gasteiger partial charge in [0.15, 0.2) is 46.0 Å². The summed E-state index contributed by atoms with van der Waals surface area (Å²) in [4.78, 5) is 85.8. The van der Waals surface area contributed by atoms with Gasteiger partial charge in [-0.25, -0.2) is 19.9 Å². The summed E-state index contributed by atoms with van der Waals surface area (Å²) in [6.45, 7) is 17.2. The molecule has 24 nitrogen and oxygen atoms in total. The fourth-order valence-corrected chi connectivity index (χ4v) is 19.3. The van der Waals surface area contributed by atoms with E-state index in [1.807, 2.05) is 170 Å². The number of H-pyrrole nitrogens is 4. The number of imidazole rings is 4. The van der Waals surface area contributed by atoms with Gasteiger partial charge < -0.3 is 76.8 Å². The van der Waals surface area contributed by atoms with Crippen molar-refractivity contribution in [2.75, 3.05) is 26.4 Å². The molecule has 12 aromatic carbocycles. The minimum absolute atomic E-state index is 0.167. The first-order valence-corrected chi connectivity index (χ1v) is 45.6. The Hall–Kier alpha value is -15.2. The average Bonchev–Trinajstić information content (AvgIpc) is 1.53. The molecule has 132 heavy (non-hydrogen) atoms. The maximum Gasteiger partial charge on any atom is 0.310 e. The van der Waals surface area contributed by atoms with Crippen LogP contribution in [0.5, 0.6) is 92.0 Å². The van der Waals surface area contributed by atoms with Crippen LogP contribution < -0.4 is 37.9 Å². The molecule has 0 spiro atoms. The van der Waals surface area contributed by atoms with E-state index < -0.39 is 23.7 Å². The van der Waals surface area contributed by atoms with Gasteiger partial charge in [-0.1, -0.05) is 125 Å². The topological polar surface area (TPSA) is 294 Å². The normalized spacial score (nSPS) is 15.2. The van der Waals surface area contributed by atoms with Gasteiger partial charge in [-0.3, -0.25) is 19.2 Å². The number of hydrogen-bond donors (Lipinski definition) is 4. The lowest BCUT2D eigenvalue weighted by molar-refractivity contribution is -0.143. The lowest BCUT2D eigenvalue weighted by Gasteiger charge is -2.29. The summed E-state index contributed by atoms with van der Waals surface area (Å²) in [5.74, 6) is 7.23. The number of carbonyl (C=O) groups is 4. The number of benzene rings is 12. The van der Waals surface area contributed by atoms with Gasteiger partial charge in [0.25, 0.3) is 0 Å². The number of nitrogens with one attached hydrogen (secondary N) is 4. The van der Waals surface area contributed by atoms with E-state index in [1.165, 1.54) is 0 Å². The molecule has 4 aliphatic heterocycles. The average molecular weight is 1760 g/mol. The van der Waals surface area contributed by atoms with Crippen LogP contribution >= 0.6 is 0 Å². The maximum atomic E-state index is 12.5. The molecule has 0 fully saturated rings. The SMILES string of the molecule is CCOC(=O)Cc1ccc(Cc2nc3cc4c(cc3[nH]2)Oc2cc3c5cc2C(CC)c2cc6c(cc2O4)Oc2cc4[nH]c(Cc7ccc(CC(=O)OCC)cc7)nc4cc2Oc2cc4c(cc2C6CC)C(CC)c2cc(c(cc2Oc2cc6nc(Cc7ccc(CC(=O)OCC)cc7)[nH]c6cc2O4)Oc2cc4[nH]c(Cc6ccc(CC(=O)OCC)cc6)nc4cc2O3)C5CC)cc1. The molecule has 8 heterocycles. The molecule has 21 rings (SSSR count). The molecule has 5 aliphatic rings. The molecule has 8 bridgehead atoms. The van der Waals surface area contributed by atoms with E-state index in [9.17, 15) is 19.2 Å². The molecule has 24 heteroatoms. The van der Waals surface area contributed by atoms with Crippen LogP contribution in [0.3, 0.4) is 0 Å². The molecule has 4 aromatic heterocycles. The Labute approximate surface area is 760 Å². The molecule has 664 valence electrons. The van der Waals surface area contributed by atoms with Gasteiger partial charge in [0.05, 0.1) is 96.2 Å². The highest BCUT2D eigenvalue weighted by Gasteiger charge is 2.39. The summed E-state index contributed by atoms with van der Waals surface area (Å²) in [5.41, 5.74) is 19.6. The highest BCUT2D eigenvalue weighted by atomic mass is 16.6. The van der Waals surface area contributed by atoms with E-state index in [4.69, 9.17) is 76.8 Å². The number of fused-ring (bicyclic) bond motifs is 8. The number of ether oxygens (including phenoxy) is 12. The van der Waals surface area contributed by atoms with E-state index in [-0.39, 0.29) is 49.6 Å². The summed E-state index contributed by atoms with van der Waals surface area (Å²) >= 11 is 0. The lowest BCUT2D eigenvalue weighted by atomic mass is 9.77. The third kappa shape index (κ3) is 16.4. The Bertz CT molecular complexity index is 6150. The van der Waals surface area contributed by atoms with Crippen LogP contribution in [-0.2, 0) is 89.5 Å². The van der Waals surface area contributed by atoms with Gasteiger partial charge >= 0.3 is 23.9 Å². The number of aromatic amines is 4. The quantitative estimate of drug-likeness (QED) is 0.0323. The van der Waals surface area contributed by atoms with E-state index in [0.717, 1.165) is 89.0 Å². The first-order chi connectivity index (χ1) is 64.4. The van der Waals surface area contributed by atoms with E-state index in [0.29, 0.717) is 237 Å². The van der Waals surface area contributed by atoms with E-state index in [2.05, 4.69) is 71.9 Å². The molecule has 0 saturated carbocycles. The Morgan fingerprint density at radius 3 is 0.583 bits per heavy atom. The highest BCUT2D eigenvalue weighted by molar-refractivity contribution is 5.86. The van der Waals surface area contributed by atoms with Crippen molar-refractivity contribution >= 4 is 68.0 Å². The summed E-state index contributed by atoms with van der Waals surface area (Å²) in [6, 6.07) is 64.5. The molecule has 4 atom stereocenters. The van der Waals surface area contributed by atoms with Crippen LogP contribution in [-0.4, -0.2) is 90.2 Å². The van der Waals surface area contributed by atoms with Gasteiger partial charge in [0.1, 0.15) is 69.3 Å². The largest absolute Gasteiger partial charge is 0.466 e. The second-order valence-electron chi connectivity index (χ2n) is 34.3. The first kappa shape index (κ1) is 83.7. The summed E-state index contributed by atoms with van der Waals surface area (Å²) < 4.78 is 82.2. The predicted octanol–water partition coefficient (Wildman–Crippen LogP) is 24.1. The Morgan fingerprint density at radius 2 is 0.409 bits per heavy atom. The number of carbonyl (C=O) groups excluding carboxylic acids is 4. The minimum atomic E-state index is -0.429. The molecule has 4 unspecified atom stereocenters. The van der Waals surface area contributed by atoms with Gasteiger partial charge in [-0.2, -0.15) is 0 Å². The van der Waals surface area contributed by atoms with Crippen molar-refractivity contribution in [2.24, 2.45) is 0 Å². The summed E-state index contributed by atoms with van der Waals surface area (Å²) in [6.07, 6.45) is 4.75. The van der Waals surface area contributed by atoms with E-state index in [1.54, 1.807) is 27.7 Å². The second-order valence-corrected chi connectivity index (χ2v) is 34.3. The van der Waals surface area contributed by atoms with Gasteiger partial charge in [-0.05, 0) is 122 Å². The van der Waals surface area contributed by atoms with Crippen LogP contribution in [0.25, 0.3) is 44.1 Å². The number of aromatic nitrogens is 8. The van der Waals surface area contributed by atoms with Crippen molar-refractivity contribution in [1.82, 2.24) is 39.9 Å². The van der Waals surface area contributed by atoms with Crippen molar-refractivity contribution in [1.29, 1.82) is 0 Å². The van der Waals surface area contributed by atoms with Gasteiger partial charge in [0.2, 0.25) is 0 Å².